The Morgan fingerprint density at radius 1 is 0.933 bits per heavy atom. The van der Waals surface area contributed by atoms with Gasteiger partial charge in [0.05, 0.1) is 5.52 Å². The number of rotatable bonds is 15. The summed E-state index contributed by atoms with van der Waals surface area (Å²) in [7, 11) is 0. The Kier molecular flexibility index (Phi) is 10.7. The fourth-order valence-electron chi connectivity index (χ4n) is 3.34. The second kappa shape index (κ2) is 13.6. The maximum atomic E-state index is 10.4. The molecule has 1 aromatic carbocycles. The summed E-state index contributed by atoms with van der Waals surface area (Å²) in [5.74, 6) is 1.52. The zero-order valence-electron chi connectivity index (χ0n) is 18.3. The summed E-state index contributed by atoms with van der Waals surface area (Å²) in [6.45, 7) is 9.82. The molecule has 0 saturated heterocycles. The van der Waals surface area contributed by atoms with E-state index in [9.17, 15) is 4.79 Å². The van der Waals surface area contributed by atoms with E-state index in [1.54, 1.807) is 0 Å². The Hall–Kier alpha value is -2.61. The summed E-state index contributed by atoms with van der Waals surface area (Å²) < 4.78 is 0. The fourth-order valence-corrected chi connectivity index (χ4v) is 3.34. The van der Waals surface area contributed by atoms with E-state index < -0.39 is 6.09 Å². The van der Waals surface area contributed by atoms with E-state index in [4.69, 9.17) is 10.1 Å². The van der Waals surface area contributed by atoms with Gasteiger partial charge in [-0.25, -0.2) is 9.78 Å². The molecule has 0 unspecified atom stereocenters. The number of carbonyl (C=O) groups is 1. The number of fused-ring (bicyclic) bond motifs is 1. The van der Waals surface area contributed by atoms with Crippen LogP contribution >= 0.6 is 0 Å². The highest BCUT2D eigenvalue weighted by atomic mass is 16.4. The van der Waals surface area contributed by atoms with Gasteiger partial charge < -0.3 is 26.0 Å². The second-order valence-electron chi connectivity index (χ2n) is 7.29. The lowest BCUT2D eigenvalue weighted by molar-refractivity contribution is 0.194. The van der Waals surface area contributed by atoms with Crippen molar-refractivity contribution < 1.29 is 9.90 Å². The van der Waals surface area contributed by atoms with Crippen LogP contribution in [0.3, 0.4) is 0 Å². The number of nitrogens with one attached hydrogen (secondary N) is 3. The van der Waals surface area contributed by atoms with Gasteiger partial charge in [-0.1, -0.05) is 38.8 Å². The van der Waals surface area contributed by atoms with E-state index in [2.05, 4.69) is 45.7 Å². The normalized spacial score (nSPS) is 11.0. The van der Waals surface area contributed by atoms with Crippen LogP contribution in [0.15, 0.2) is 24.3 Å². The van der Waals surface area contributed by atoms with Gasteiger partial charge in [0.2, 0.25) is 5.95 Å². The first kappa shape index (κ1) is 23.7. The molecule has 0 bridgehead atoms. The van der Waals surface area contributed by atoms with Crippen LogP contribution in [0.5, 0.6) is 0 Å². The van der Waals surface area contributed by atoms with Crippen LogP contribution < -0.4 is 16.0 Å². The molecule has 0 aliphatic heterocycles. The number of anilines is 2. The monoisotopic (exact) mass is 416 g/mol. The molecule has 4 N–H and O–H groups in total. The number of benzene rings is 1. The van der Waals surface area contributed by atoms with E-state index in [0.717, 1.165) is 81.5 Å². The highest BCUT2D eigenvalue weighted by molar-refractivity contribution is 5.89. The first-order chi connectivity index (χ1) is 14.6. The third kappa shape index (κ3) is 8.41. The maximum Gasteiger partial charge on any atom is 0.404 e. The predicted octanol–water partition coefficient (Wildman–Crippen LogP) is 4.01. The van der Waals surface area contributed by atoms with Crippen molar-refractivity contribution in [1.29, 1.82) is 0 Å². The molecule has 0 aliphatic rings. The summed E-state index contributed by atoms with van der Waals surface area (Å²) >= 11 is 0. The molecule has 0 radical (unpaired) electrons. The Morgan fingerprint density at radius 2 is 1.63 bits per heavy atom. The van der Waals surface area contributed by atoms with Crippen LogP contribution in [0.25, 0.3) is 10.9 Å². The molecule has 8 nitrogen and oxygen atoms in total. The average Bonchev–Trinajstić information content (AvgIpc) is 2.75. The summed E-state index contributed by atoms with van der Waals surface area (Å²) in [4.78, 5) is 22.2. The number of carboxylic acid groups (broad SMARTS) is 1. The van der Waals surface area contributed by atoms with Crippen molar-refractivity contribution in [3.63, 3.8) is 0 Å². The lowest BCUT2D eigenvalue weighted by Crippen LogP contribution is -2.25. The lowest BCUT2D eigenvalue weighted by Gasteiger charge is -2.18. The SMILES string of the molecule is CCN(CC)CCCNc1nc(NCCCCCCNC(=O)O)nc2ccccc12. The van der Waals surface area contributed by atoms with Crippen molar-refractivity contribution in [2.75, 3.05) is 49.9 Å². The number of para-hydroxylation sites is 1. The molecule has 0 aliphatic carbocycles. The minimum Gasteiger partial charge on any atom is -0.465 e. The van der Waals surface area contributed by atoms with Gasteiger partial charge in [-0.05, 0) is 51.0 Å². The molecule has 0 atom stereocenters. The lowest BCUT2D eigenvalue weighted by atomic mass is 10.2. The highest BCUT2D eigenvalue weighted by Gasteiger charge is 2.07. The molecule has 0 spiro atoms. The van der Waals surface area contributed by atoms with Gasteiger partial charge in [0.1, 0.15) is 5.82 Å². The van der Waals surface area contributed by atoms with Crippen LogP contribution in [-0.4, -0.2) is 65.3 Å². The largest absolute Gasteiger partial charge is 0.465 e. The summed E-state index contributed by atoms with van der Waals surface area (Å²) in [6.07, 6.45) is 4.01. The van der Waals surface area contributed by atoms with Crippen molar-refractivity contribution >= 4 is 28.8 Å². The molecular formula is C22H36N6O2. The molecule has 0 saturated carbocycles. The Bertz CT molecular complexity index is 766. The van der Waals surface area contributed by atoms with Gasteiger partial charge in [0.25, 0.3) is 0 Å². The van der Waals surface area contributed by atoms with E-state index in [1.165, 1.54) is 0 Å². The number of unbranched alkanes of at least 4 members (excludes halogenated alkanes) is 3. The van der Waals surface area contributed by atoms with Gasteiger partial charge in [0.15, 0.2) is 0 Å². The van der Waals surface area contributed by atoms with Crippen LogP contribution in [0, 0.1) is 0 Å². The van der Waals surface area contributed by atoms with Crippen LogP contribution in [-0.2, 0) is 0 Å². The Labute approximate surface area is 179 Å². The minimum atomic E-state index is -0.956. The zero-order valence-corrected chi connectivity index (χ0v) is 18.3. The summed E-state index contributed by atoms with van der Waals surface area (Å²) in [5.41, 5.74) is 0.931. The van der Waals surface area contributed by atoms with Gasteiger partial charge in [-0.15, -0.1) is 0 Å². The third-order valence-electron chi connectivity index (χ3n) is 5.10. The van der Waals surface area contributed by atoms with Crippen LogP contribution in [0.4, 0.5) is 16.6 Å². The van der Waals surface area contributed by atoms with E-state index >= 15 is 0 Å². The predicted molar refractivity (Wildman–Crippen MR) is 123 cm³/mol. The molecule has 1 heterocycles. The van der Waals surface area contributed by atoms with Crippen molar-refractivity contribution in [2.45, 2.75) is 46.0 Å². The highest BCUT2D eigenvalue weighted by Crippen LogP contribution is 2.21. The maximum absolute atomic E-state index is 10.4. The van der Waals surface area contributed by atoms with Crippen molar-refractivity contribution in [1.82, 2.24) is 20.2 Å². The second-order valence-corrected chi connectivity index (χ2v) is 7.29. The molecule has 30 heavy (non-hydrogen) atoms. The van der Waals surface area contributed by atoms with Crippen LogP contribution in [0.2, 0.25) is 0 Å². The molecule has 1 amide bonds. The zero-order chi connectivity index (χ0) is 21.6. The fraction of sp³-hybridized carbons (Fsp3) is 0.591. The van der Waals surface area contributed by atoms with Crippen molar-refractivity contribution in [3.8, 4) is 0 Å². The van der Waals surface area contributed by atoms with Gasteiger partial charge in [0, 0.05) is 25.0 Å². The quantitative estimate of drug-likeness (QED) is 0.325. The molecule has 8 heteroatoms. The van der Waals surface area contributed by atoms with Gasteiger partial charge >= 0.3 is 6.09 Å². The topological polar surface area (TPSA) is 102 Å². The first-order valence-corrected chi connectivity index (χ1v) is 11.1. The van der Waals surface area contributed by atoms with Crippen molar-refractivity contribution in [2.24, 2.45) is 0 Å². The van der Waals surface area contributed by atoms with Crippen LogP contribution in [0.1, 0.15) is 46.0 Å². The molecule has 0 fully saturated rings. The Morgan fingerprint density at radius 3 is 2.37 bits per heavy atom. The number of amides is 1. The molecule has 2 rings (SSSR count). The third-order valence-corrected chi connectivity index (χ3v) is 5.10. The molecular weight excluding hydrogens is 380 g/mol. The smallest absolute Gasteiger partial charge is 0.404 e. The number of aromatic nitrogens is 2. The number of hydrogen-bond donors (Lipinski definition) is 4. The molecule has 166 valence electrons. The van der Waals surface area contributed by atoms with Crippen molar-refractivity contribution in [3.05, 3.63) is 24.3 Å². The molecule has 1 aromatic heterocycles. The van der Waals surface area contributed by atoms with E-state index in [0.29, 0.717) is 12.5 Å². The average molecular weight is 417 g/mol. The summed E-state index contributed by atoms with van der Waals surface area (Å²) in [5, 5.41) is 18.8. The standard InChI is InChI=1S/C22H36N6O2/c1-3-28(4-2)17-11-16-23-20-18-12-7-8-13-19(18)26-21(27-20)24-14-9-5-6-10-15-25-22(29)30/h7-8,12-13,25H,3-6,9-11,14-17H2,1-2H3,(H,29,30)(H2,23,24,26,27). The summed E-state index contributed by atoms with van der Waals surface area (Å²) in [6, 6.07) is 8.07. The Balaban J connectivity index is 1.82. The number of nitrogens with zero attached hydrogens (tertiary/aromatic N) is 3. The minimum absolute atomic E-state index is 0.514. The first-order valence-electron chi connectivity index (χ1n) is 11.1. The van der Waals surface area contributed by atoms with Gasteiger partial charge in [-0.3, -0.25) is 0 Å². The van der Waals surface area contributed by atoms with E-state index in [-0.39, 0.29) is 0 Å². The van der Waals surface area contributed by atoms with Gasteiger partial charge in [-0.2, -0.15) is 4.98 Å². The number of hydrogen-bond acceptors (Lipinski definition) is 6. The molecule has 2 aromatic rings. The van der Waals surface area contributed by atoms with E-state index in [1.807, 2.05) is 18.2 Å².